The van der Waals surface area contributed by atoms with Crippen molar-refractivity contribution in [1.29, 1.82) is 0 Å². The smallest absolute Gasteiger partial charge is 0.339 e. The lowest BCUT2D eigenvalue weighted by Gasteiger charge is -2.45. The van der Waals surface area contributed by atoms with Crippen molar-refractivity contribution in [3.05, 3.63) is 39.2 Å². The van der Waals surface area contributed by atoms with Crippen molar-refractivity contribution in [3.63, 3.8) is 0 Å². The molecule has 2 aromatic rings. The first-order valence-electron chi connectivity index (χ1n) is 14.8. The summed E-state index contributed by atoms with van der Waals surface area (Å²) in [7, 11) is 1.75. The molecule has 2 fully saturated rings. The molecule has 0 radical (unpaired) electrons. The fourth-order valence-corrected chi connectivity index (χ4v) is 6.68. The largest absolute Gasteiger partial charge is 0.507 e. The first-order valence-corrected chi connectivity index (χ1v) is 14.8. The molecule has 1 aromatic carbocycles. The molecule has 2 atom stereocenters. The van der Waals surface area contributed by atoms with Crippen LogP contribution in [0.2, 0.25) is 0 Å². The average Bonchev–Trinajstić information content (AvgIpc) is 2.90. The first kappa shape index (κ1) is 28.1. The van der Waals surface area contributed by atoms with Crippen molar-refractivity contribution < 1.29 is 14.3 Å². The zero-order valence-corrected chi connectivity index (χ0v) is 23.4. The van der Waals surface area contributed by atoms with E-state index >= 15 is 0 Å². The topological polar surface area (TPSA) is 66.2 Å². The van der Waals surface area contributed by atoms with Crippen molar-refractivity contribution in [2.24, 2.45) is 5.92 Å². The molecule has 4 rings (SSSR count). The summed E-state index contributed by atoms with van der Waals surface area (Å²) in [5.74, 6) is 0.850. The van der Waals surface area contributed by atoms with Gasteiger partial charge in [-0.05, 0) is 88.6 Å². The fourth-order valence-electron chi connectivity index (χ4n) is 6.68. The minimum Gasteiger partial charge on any atom is -0.507 e. The van der Waals surface area contributed by atoms with E-state index in [2.05, 4.69) is 16.7 Å². The molecule has 6 heteroatoms. The number of phenolic OH excluding ortho intramolecular Hbond substituents is 1. The normalized spacial score (nSPS) is 20.5. The number of aryl methyl sites for hydroxylation is 1. The lowest BCUT2D eigenvalue weighted by atomic mass is 9.83. The highest BCUT2D eigenvalue weighted by atomic mass is 16.5. The Kier molecular flexibility index (Phi) is 10.5. The summed E-state index contributed by atoms with van der Waals surface area (Å²) < 4.78 is 11.3. The van der Waals surface area contributed by atoms with Crippen LogP contribution in [0, 0.1) is 12.8 Å². The molecule has 0 spiro atoms. The Bertz CT molecular complexity index is 1060. The van der Waals surface area contributed by atoms with E-state index in [1.807, 2.05) is 13.0 Å². The Morgan fingerprint density at radius 2 is 1.92 bits per heavy atom. The van der Waals surface area contributed by atoms with Gasteiger partial charge in [-0.3, -0.25) is 4.90 Å². The van der Waals surface area contributed by atoms with E-state index in [0.29, 0.717) is 30.7 Å². The first-order chi connectivity index (χ1) is 18.0. The Hall–Kier alpha value is -1.89. The maximum absolute atomic E-state index is 13.1. The summed E-state index contributed by atoms with van der Waals surface area (Å²) in [6.07, 6.45) is 12.7. The predicted octanol–water partition coefficient (Wildman–Crippen LogP) is 6.03. The molecule has 6 nitrogen and oxygen atoms in total. The molecule has 0 bridgehead atoms. The number of methoxy groups -OCH3 is 1. The quantitative estimate of drug-likeness (QED) is 0.261. The van der Waals surface area contributed by atoms with Crippen LogP contribution in [-0.2, 0) is 17.7 Å². The minimum atomic E-state index is -0.246. The molecular formula is C31H48N2O4. The van der Waals surface area contributed by atoms with Gasteiger partial charge < -0.3 is 19.2 Å². The van der Waals surface area contributed by atoms with E-state index in [1.54, 1.807) is 13.2 Å². The number of benzene rings is 1. The highest BCUT2D eigenvalue weighted by molar-refractivity contribution is 5.85. The number of rotatable bonds is 13. The van der Waals surface area contributed by atoms with Crippen LogP contribution in [0.4, 0.5) is 0 Å². The third-order valence-electron chi connectivity index (χ3n) is 8.74. The lowest BCUT2D eigenvalue weighted by Crippen LogP contribution is -2.51. The number of hydrogen-bond acceptors (Lipinski definition) is 6. The summed E-state index contributed by atoms with van der Waals surface area (Å²) in [5, 5.41) is 11.9. The van der Waals surface area contributed by atoms with Crippen molar-refractivity contribution >= 4 is 11.0 Å². The second-order valence-corrected chi connectivity index (χ2v) is 11.3. The Morgan fingerprint density at radius 1 is 1.08 bits per heavy atom. The lowest BCUT2D eigenvalue weighted by molar-refractivity contribution is 0.0372. The van der Waals surface area contributed by atoms with Gasteiger partial charge in [0.1, 0.15) is 11.3 Å². The van der Waals surface area contributed by atoms with Crippen LogP contribution in [0.15, 0.2) is 21.3 Å². The number of aromatic hydroxyl groups is 1. The zero-order chi connectivity index (χ0) is 26.2. The minimum absolute atomic E-state index is 0.213. The van der Waals surface area contributed by atoms with Gasteiger partial charge in [-0.15, -0.1) is 0 Å². The highest BCUT2D eigenvalue weighted by Crippen LogP contribution is 2.34. The summed E-state index contributed by atoms with van der Waals surface area (Å²) in [6, 6.07) is 4.37. The third kappa shape index (κ3) is 6.96. The number of fused-ring (bicyclic) bond motifs is 2. The number of piperidine rings is 2. The van der Waals surface area contributed by atoms with Crippen LogP contribution >= 0.6 is 0 Å². The fraction of sp³-hybridized carbons (Fsp3) is 0.710. The van der Waals surface area contributed by atoms with E-state index in [-0.39, 0.29) is 11.4 Å². The van der Waals surface area contributed by atoms with Gasteiger partial charge in [-0.2, -0.15) is 0 Å². The molecule has 0 amide bonds. The molecule has 1 aromatic heterocycles. The molecule has 1 N–H and O–H groups in total. The van der Waals surface area contributed by atoms with Crippen LogP contribution in [0.5, 0.6) is 5.75 Å². The van der Waals surface area contributed by atoms with Gasteiger partial charge in [0.05, 0.1) is 5.56 Å². The third-order valence-corrected chi connectivity index (χ3v) is 8.74. The zero-order valence-electron chi connectivity index (χ0n) is 23.4. The van der Waals surface area contributed by atoms with Crippen LogP contribution in [-0.4, -0.2) is 60.8 Å². The van der Waals surface area contributed by atoms with Crippen LogP contribution in [0.25, 0.3) is 11.0 Å². The van der Waals surface area contributed by atoms with E-state index in [9.17, 15) is 9.90 Å². The molecule has 2 saturated heterocycles. The van der Waals surface area contributed by atoms with Crippen molar-refractivity contribution in [2.45, 2.75) is 97.1 Å². The van der Waals surface area contributed by atoms with Gasteiger partial charge in [-0.1, -0.05) is 32.6 Å². The Morgan fingerprint density at radius 3 is 2.73 bits per heavy atom. The van der Waals surface area contributed by atoms with Crippen molar-refractivity contribution in [2.75, 3.05) is 39.9 Å². The average molecular weight is 513 g/mol. The molecule has 37 heavy (non-hydrogen) atoms. The predicted molar refractivity (Wildman–Crippen MR) is 150 cm³/mol. The molecule has 2 aliphatic rings. The van der Waals surface area contributed by atoms with Gasteiger partial charge in [0, 0.05) is 50.3 Å². The van der Waals surface area contributed by atoms with E-state index in [0.717, 1.165) is 60.8 Å². The maximum Gasteiger partial charge on any atom is 0.339 e. The number of hydrogen-bond donors (Lipinski definition) is 1. The van der Waals surface area contributed by atoms with E-state index < -0.39 is 0 Å². The summed E-state index contributed by atoms with van der Waals surface area (Å²) >= 11 is 0. The summed E-state index contributed by atoms with van der Waals surface area (Å²) in [4.78, 5) is 18.2. The standard InChI is InChI=1S/C31H48N2O4/c1-4-5-6-7-13-26-23(2)25-15-16-29(34)27(30(25)37-31(26)35)22-32(17-11-20-36-3)21-24-12-10-19-33-18-9-8-14-28(24)33/h15-16,24,28,34H,4-14,17-22H2,1-3H3. The molecule has 2 unspecified atom stereocenters. The van der Waals surface area contributed by atoms with Crippen LogP contribution < -0.4 is 5.63 Å². The molecule has 0 saturated carbocycles. The SMILES string of the molecule is CCCCCCc1c(C)c2ccc(O)c(CN(CCCOC)CC3CCCN4CCCCC34)c2oc1=O. The Labute approximate surface area is 223 Å². The second kappa shape index (κ2) is 13.8. The second-order valence-electron chi connectivity index (χ2n) is 11.3. The Balaban J connectivity index is 1.59. The summed E-state index contributed by atoms with van der Waals surface area (Å²) in [5.41, 5.74) is 2.84. The van der Waals surface area contributed by atoms with Crippen LogP contribution in [0.1, 0.15) is 87.8 Å². The molecule has 2 aliphatic heterocycles. The van der Waals surface area contributed by atoms with Gasteiger partial charge in [0.2, 0.25) is 0 Å². The van der Waals surface area contributed by atoms with Gasteiger partial charge in [-0.25, -0.2) is 4.79 Å². The molecule has 0 aliphatic carbocycles. The molecular weight excluding hydrogens is 464 g/mol. The monoisotopic (exact) mass is 512 g/mol. The van der Waals surface area contributed by atoms with Gasteiger partial charge >= 0.3 is 5.63 Å². The number of unbranched alkanes of at least 4 members (excludes halogenated alkanes) is 3. The highest BCUT2D eigenvalue weighted by Gasteiger charge is 2.34. The maximum atomic E-state index is 13.1. The number of ether oxygens (including phenoxy) is 1. The van der Waals surface area contributed by atoms with Crippen molar-refractivity contribution in [3.8, 4) is 5.75 Å². The number of nitrogens with zero attached hydrogens (tertiary/aromatic N) is 2. The van der Waals surface area contributed by atoms with E-state index in [4.69, 9.17) is 9.15 Å². The van der Waals surface area contributed by atoms with Gasteiger partial charge in [0.25, 0.3) is 0 Å². The molecule has 3 heterocycles. The molecule has 206 valence electrons. The number of phenols is 1. The van der Waals surface area contributed by atoms with E-state index in [1.165, 1.54) is 58.0 Å². The van der Waals surface area contributed by atoms with Gasteiger partial charge in [0.15, 0.2) is 0 Å². The van der Waals surface area contributed by atoms with Crippen LogP contribution in [0.3, 0.4) is 0 Å². The van der Waals surface area contributed by atoms with Crippen molar-refractivity contribution in [1.82, 2.24) is 9.80 Å². The summed E-state index contributed by atoms with van der Waals surface area (Å²) in [6.45, 7) is 9.89.